The molecule has 2 nitrogen and oxygen atoms in total. The molecule has 2 atom stereocenters. The van der Waals surface area contributed by atoms with Gasteiger partial charge < -0.3 is 4.89 Å². The van der Waals surface area contributed by atoms with E-state index in [0.717, 1.165) is 12.8 Å². The summed E-state index contributed by atoms with van der Waals surface area (Å²) in [6.07, 6.45) is 2.51. The van der Waals surface area contributed by atoms with Crippen molar-refractivity contribution in [1.82, 2.24) is 0 Å². The van der Waals surface area contributed by atoms with Crippen LogP contribution in [0.15, 0.2) is 30.3 Å². The van der Waals surface area contributed by atoms with Gasteiger partial charge in [-0.2, -0.15) is 0 Å². The van der Waals surface area contributed by atoms with Gasteiger partial charge in [0.25, 0.3) is 6.72 Å². The number of rotatable bonds is 5. The summed E-state index contributed by atoms with van der Waals surface area (Å²) in [6.45, 7) is -1.68. The molecule has 0 radical (unpaired) electrons. The molecular weight excluding hydrogens is 231 g/mol. The maximum Gasteiger partial charge on any atom is 0.290 e. The van der Waals surface area contributed by atoms with E-state index in [1.54, 1.807) is 6.92 Å². The van der Waals surface area contributed by atoms with Gasteiger partial charge in [-0.25, -0.2) is 0 Å². The van der Waals surface area contributed by atoms with E-state index < -0.39 is 6.72 Å². The minimum Gasteiger partial charge on any atom is -0.333 e. The molecule has 0 aliphatic carbocycles. The summed E-state index contributed by atoms with van der Waals surface area (Å²) in [5.74, 6) is 0. The van der Waals surface area contributed by atoms with Crippen LogP contribution < -0.4 is 0 Å². The first-order valence-corrected chi connectivity index (χ1v) is 7.69. The normalized spacial score (nSPS) is 17.0. The number of benzene rings is 1. The molecule has 0 aromatic heterocycles. The Morgan fingerprint density at radius 2 is 2.00 bits per heavy atom. The van der Waals surface area contributed by atoms with Crippen LogP contribution in [0.2, 0.25) is 0 Å². The Balaban J connectivity index is 2.31. The summed E-state index contributed by atoms with van der Waals surface area (Å²) in [6, 6.07) is 10.1. The topological polar surface area (TPSA) is 37.3 Å². The Kier molecular flexibility index (Phi) is 4.85. The van der Waals surface area contributed by atoms with E-state index >= 15 is 0 Å². The molecule has 0 amide bonds. The fourth-order valence-electron chi connectivity index (χ4n) is 1.41. The molecule has 0 saturated heterocycles. The molecule has 0 aliphatic heterocycles. The number of hydrogen-bond acceptors (Lipinski definition) is 1. The smallest absolute Gasteiger partial charge is 0.290 e. The van der Waals surface area contributed by atoms with E-state index in [4.69, 9.17) is 16.1 Å². The standard InChI is InChI=1S/C11H16ClO2P/c1-10(15(12,13)14)6-5-9-11-7-3-2-4-8-11/h2-4,7-8,10H,5-6,9H2,1H3,(H,13,14). The molecule has 0 bridgehead atoms. The van der Waals surface area contributed by atoms with E-state index in [9.17, 15) is 4.57 Å². The molecule has 0 aliphatic rings. The third-order valence-electron chi connectivity index (χ3n) is 2.47. The lowest BCUT2D eigenvalue weighted by molar-refractivity contribution is 0.478. The molecule has 2 unspecified atom stereocenters. The minimum absolute atomic E-state index is 0.317. The fraction of sp³-hybridized carbons (Fsp3) is 0.455. The zero-order chi connectivity index (χ0) is 11.3. The number of hydrogen-bond donors (Lipinski definition) is 1. The summed E-state index contributed by atoms with van der Waals surface area (Å²) in [4.78, 5) is 9.10. The first kappa shape index (κ1) is 12.8. The van der Waals surface area contributed by atoms with Gasteiger partial charge in [-0.1, -0.05) is 37.3 Å². The van der Waals surface area contributed by atoms with Crippen molar-refractivity contribution in [1.29, 1.82) is 0 Å². The van der Waals surface area contributed by atoms with Gasteiger partial charge in [0.2, 0.25) is 0 Å². The van der Waals surface area contributed by atoms with Crippen molar-refractivity contribution in [2.24, 2.45) is 0 Å². The first-order chi connectivity index (χ1) is 7.00. The molecule has 0 fully saturated rings. The van der Waals surface area contributed by atoms with Crippen LogP contribution in [0, 0.1) is 0 Å². The second kappa shape index (κ2) is 5.69. The van der Waals surface area contributed by atoms with E-state index in [0.29, 0.717) is 6.42 Å². The summed E-state index contributed by atoms with van der Waals surface area (Å²) < 4.78 is 11.1. The fourth-order valence-corrected chi connectivity index (χ4v) is 2.20. The lowest BCUT2D eigenvalue weighted by Crippen LogP contribution is -2.00. The largest absolute Gasteiger partial charge is 0.333 e. The van der Waals surface area contributed by atoms with Crippen molar-refractivity contribution >= 4 is 18.0 Å². The SMILES string of the molecule is CC(CCCc1ccccc1)P(=O)(O)Cl. The summed E-state index contributed by atoms with van der Waals surface area (Å²) in [5.41, 5.74) is 0.940. The highest BCUT2D eigenvalue weighted by Gasteiger charge is 2.22. The molecule has 0 spiro atoms. The zero-order valence-corrected chi connectivity index (χ0v) is 10.4. The zero-order valence-electron chi connectivity index (χ0n) is 8.77. The second-order valence-electron chi connectivity index (χ2n) is 3.77. The van der Waals surface area contributed by atoms with Crippen LogP contribution in [0.4, 0.5) is 0 Å². The van der Waals surface area contributed by atoms with Crippen molar-refractivity contribution in [3.05, 3.63) is 35.9 Å². The van der Waals surface area contributed by atoms with Gasteiger partial charge in [0.15, 0.2) is 0 Å². The van der Waals surface area contributed by atoms with Crippen LogP contribution in [0.25, 0.3) is 0 Å². The quantitative estimate of drug-likeness (QED) is 0.802. The Bertz CT molecular complexity index is 334. The van der Waals surface area contributed by atoms with Crippen LogP contribution in [-0.4, -0.2) is 10.6 Å². The predicted octanol–water partition coefficient (Wildman–Crippen LogP) is 3.82. The monoisotopic (exact) mass is 246 g/mol. The molecular formula is C11H16ClO2P. The maximum absolute atomic E-state index is 11.1. The highest BCUT2D eigenvalue weighted by Crippen LogP contribution is 2.52. The Labute approximate surface area is 95.5 Å². The molecule has 1 aromatic rings. The maximum atomic E-state index is 11.1. The van der Waals surface area contributed by atoms with Crippen molar-refractivity contribution in [2.45, 2.75) is 31.8 Å². The summed E-state index contributed by atoms with van der Waals surface area (Å²) >= 11 is 5.38. The van der Waals surface area contributed by atoms with E-state index in [1.807, 2.05) is 18.2 Å². The number of aryl methyl sites for hydroxylation is 1. The molecule has 0 saturated carbocycles. The average Bonchev–Trinajstić information content (AvgIpc) is 2.18. The Morgan fingerprint density at radius 3 is 2.53 bits per heavy atom. The molecule has 15 heavy (non-hydrogen) atoms. The van der Waals surface area contributed by atoms with Gasteiger partial charge >= 0.3 is 0 Å². The van der Waals surface area contributed by atoms with E-state index in [2.05, 4.69) is 12.1 Å². The van der Waals surface area contributed by atoms with E-state index in [1.165, 1.54) is 5.56 Å². The molecule has 4 heteroatoms. The first-order valence-electron chi connectivity index (χ1n) is 5.06. The molecule has 1 N–H and O–H groups in total. The van der Waals surface area contributed by atoms with Crippen molar-refractivity contribution in [2.75, 3.05) is 0 Å². The van der Waals surface area contributed by atoms with Gasteiger partial charge in [-0.05, 0) is 36.1 Å². The van der Waals surface area contributed by atoms with Crippen molar-refractivity contribution in [3.63, 3.8) is 0 Å². The predicted molar refractivity (Wildman–Crippen MR) is 64.5 cm³/mol. The average molecular weight is 247 g/mol. The van der Waals surface area contributed by atoms with Gasteiger partial charge in [-0.15, -0.1) is 0 Å². The third-order valence-corrected chi connectivity index (χ3v) is 4.82. The molecule has 0 heterocycles. The second-order valence-corrected chi connectivity index (χ2v) is 7.20. The highest BCUT2D eigenvalue weighted by molar-refractivity contribution is 7.85. The Morgan fingerprint density at radius 1 is 1.40 bits per heavy atom. The van der Waals surface area contributed by atoms with Gasteiger partial charge in [-0.3, -0.25) is 4.57 Å². The Hall–Kier alpha value is -0.300. The summed E-state index contributed by atoms with van der Waals surface area (Å²) in [7, 11) is 0. The van der Waals surface area contributed by atoms with Gasteiger partial charge in [0.1, 0.15) is 0 Å². The lowest BCUT2D eigenvalue weighted by Gasteiger charge is -2.12. The van der Waals surface area contributed by atoms with Crippen LogP contribution in [0.1, 0.15) is 25.3 Å². The number of halogens is 1. The van der Waals surface area contributed by atoms with Crippen molar-refractivity contribution in [3.8, 4) is 0 Å². The van der Waals surface area contributed by atoms with Crippen LogP contribution >= 0.6 is 18.0 Å². The van der Waals surface area contributed by atoms with E-state index in [-0.39, 0.29) is 5.66 Å². The molecule has 84 valence electrons. The van der Waals surface area contributed by atoms with Gasteiger partial charge in [0.05, 0.1) is 0 Å². The van der Waals surface area contributed by atoms with Crippen LogP contribution in [0.5, 0.6) is 0 Å². The minimum atomic E-state index is -3.41. The van der Waals surface area contributed by atoms with Gasteiger partial charge in [0, 0.05) is 5.66 Å². The summed E-state index contributed by atoms with van der Waals surface area (Å²) in [5, 5.41) is 0. The lowest BCUT2D eigenvalue weighted by atomic mass is 10.1. The molecule has 1 rings (SSSR count). The molecule has 1 aromatic carbocycles. The van der Waals surface area contributed by atoms with Crippen molar-refractivity contribution < 1.29 is 9.46 Å². The van der Waals surface area contributed by atoms with Crippen LogP contribution in [0.3, 0.4) is 0 Å². The highest BCUT2D eigenvalue weighted by atomic mass is 35.7. The third kappa shape index (κ3) is 4.83. The van der Waals surface area contributed by atoms with Crippen LogP contribution in [-0.2, 0) is 11.0 Å².